The summed E-state index contributed by atoms with van der Waals surface area (Å²) in [7, 11) is 5.91. The molecule has 12 aliphatic rings. The van der Waals surface area contributed by atoms with Crippen LogP contribution in [0.3, 0.4) is 0 Å². The number of nitrogens with two attached hydrogens (primary N) is 1. The number of rotatable bonds is 13. The van der Waals surface area contributed by atoms with Crippen LogP contribution in [0.25, 0.3) is 44.5 Å². The minimum Gasteiger partial charge on any atom is -0.379 e. The standard InChI is InChI=1S/3C25H30N6O2.C24H29N7O2/c1-16-20(18-12-26-28(3)13-18)4-5-23-21(16)6-10-30(23)25-22-14-29(17(2)32)9-7-24(22)31(27-25)19-8-11-33-15-19;1-16-21(12-26-28(16)3)18-6-7-23-19(11-18)5-4-9-30(23)25-22-13-29(17(2)32)10-8-24(22)31(27-25)20-14-33-15-20;1-3-29-13-20(12-26-29)18-6-7-23-19(11-18)5-4-9-30(23)25-22-14-28(17(2)32)10-8-24(22)31(27-25)21-15-33-16-21;1-15-19(11-26-28(15)2)16-5-6-21-17(10-16)4-3-8-30(21)23-20-12-29(24(25)32)9-7-22(20)31(27-23)18-13-33-14-18/h4-5,12-13,19H,6-11,14-15H2,1-3H3;6-7,11-12,20H,4-5,8-10,13-15H2,1-3H3;6-7,11-13,21H,3-5,8-10,14-16H2,1-2H3;5-6,10-11,18H,3-4,7-9,12-14H2,1-2H3,(H2,25,32). The van der Waals surface area contributed by atoms with Crippen molar-refractivity contribution < 1.29 is 38.1 Å². The molecule has 1 atom stereocenters. The average molecular weight is 1790 g/mol. The Bertz CT molecular complexity index is 6260. The number of hydrogen-bond donors (Lipinski definition) is 1. The van der Waals surface area contributed by atoms with Crippen molar-refractivity contribution in [3.8, 4) is 44.5 Å². The largest absolute Gasteiger partial charge is 0.379 e. The van der Waals surface area contributed by atoms with Crippen LogP contribution >= 0.6 is 0 Å². The summed E-state index contributed by atoms with van der Waals surface area (Å²) in [5.74, 6) is 4.36. The zero-order valence-corrected chi connectivity index (χ0v) is 77.5. The van der Waals surface area contributed by atoms with E-state index < -0.39 is 0 Å². The lowest BCUT2D eigenvalue weighted by atomic mass is 9.96. The average Bonchev–Trinajstić information content (AvgIpc) is 1.60. The minimum atomic E-state index is -0.373. The van der Waals surface area contributed by atoms with Crippen LogP contribution in [0.5, 0.6) is 0 Å². The molecule has 4 aromatic carbocycles. The highest BCUT2D eigenvalue weighted by molar-refractivity contribution is 5.83. The third kappa shape index (κ3) is 15.8. The van der Waals surface area contributed by atoms with Crippen molar-refractivity contribution in [2.45, 2.75) is 182 Å². The van der Waals surface area contributed by atoms with E-state index in [9.17, 15) is 19.2 Å². The molecule has 24 rings (SSSR count). The van der Waals surface area contributed by atoms with Crippen molar-refractivity contribution in [1.82, 2.24) is 97.8 Å². The number of amides is 5. The molecule has 0 aliphatic carbocycles. The summed E-state index contributed by atoms with van der Waals surface area (Å²) in [6, 6.07) is 25.4. The van der Waals surface area contributed by atoms with E-state index in [0.717, 1.165) is 195 Å². The van der Waals surface area contributed by atoms with E-state index in [2.05, 4.69) is 166 Å². The molecule has 8 aromatic heterocycles. The molecule has 1 unspecified atom stereocenters. The van der Waals surface area contributed by atoms with Gasteiger partial charge in [-0.1, -0.05) is 24.3 Å². The van der Waals surface area contributed by atoms with E-state index >= 15 is 0 Å². The zero-order chi connectivity index (χ0) is 90.6. The fourth-order valence-electron chi connectivity index (χ4n) is 21.6. The first kappa shape index (κ1) is 86.0. The Kier molecular flexibility index (Phi) is 23.1. The fourth-order valence-corrected chi connectivity index (χ4v) is 21.6. The number of nitrogens with zero attached hydrogens (tertiary/aromatic N) is 24. The van der Waals surface area contributed by atoms with Gasteiger partial charge in [-0.2, -0.15) is 40.8 Å². The summed E-state index contributed by atoms with van der Waals surface area (Å²) in [6.07, 6.45) is 23.6. The molecule has 0 radical (unpaired) electrons. The van der Waals surface area contributed by atoms with Crippen LogP contribution in [0.1, 0.15) is 162 Å². The molecule has 0 saturated carbocycles. The van der Waals surface area contributed by atoms with Crippen molar-refractivity contribution in [3.05, 3.63) is 188 Å². The molecule has 688 valence electrons. The summed E-state index contributed by atoms with van der Waals surface area (Å²) in [5.41, 5.74) is 38.8. The molecule has 5 amide bonds. The Balaban J connectivity index is 0.000000106. The number of carbonyl (C=O) groups excluding carboxylic acids is 4. The second kappa shape index (κ2) is 35.4. The topological polar surface area (TPSA) is 300 Å². The van der Waals surface area contributed by atoms with Crippen LogP contribution in [-0.4, -0.2) is 227 Å². The Labute approximate surface area is 768 Å². The lowest BCUT2D eigenvalue weighted by molar-refractivity contribution is -0.130. The van der Waals surface area contributed by atoms with Gasteiger partial charge >= 0.3 is 6.03 Å². The molecule has 33 heteroatoms. The quantitative estimate of drug-likeness (QED) is 0.112. The lowest BCUT2D eigenvalue weighted by Gasteiger charge is -2.33. The molecular formula is C99H119N25O8. The van der Waals surface area contributed by atoms with Gasteiger partial charge in [0, 0.05) is 247 Å². The molecular weight excluding hydrogens is 1670 g/mol. The van der Waals surface area contributed by atoms with Crippen LogP contribution in [0.15, 0.2) is 104 Å². The number of hydrogen-bond acceptors (Lipinski definition) is 20. The van der Waals surface area contributed by atoms with Gasteiger partial charge in [-0.05, 0) is 172 Å². The third-order valence-electron chi connectivity index (χ3n) is 29.5. The van der Waals surface area contributed by atoms with Gasteiger partial charge in [0.15, 0.2) is 23.3 Å². The van der Waals surface area contributed by atoms with Gasteiger partial charge in [0.05, 0.1) is 121 Å². The number of urea groups is 1. The minimum absolute atomic E-state index is 0.127. The molecule has 12 aliphatic heterocycles. The number of aryl methyl sites for hydroxylation is 7. The number of primary amides is 1. The Hall–Kier alpha value is -12.7. The maximum atomic E-state index is 12.2. The summed E-state index contributed by atoms with van der Waals surface area (Å²) < 4.78 is 38.5. The molecule has 4 saturated heterocycles. The highest BCUT2D eigenvalue weighted by Crippen LogP contribution is 2.48. The van der Waals surface area contributed by atoms with Crippen LogP contribution in [0.4, 0.5) is 50.8 Å². The van der Waals surface area contributed by atoms with E-state index in [1.807, 2.05) is 79.4 Å². The first-order valence-corrected chi connectivity index (χ1v) is 47.3. The van der Waals surface area contributed by atoms with Crippen molar-refractivity contribution in [3.63, 3.8) is 0 Å². The van der Waals surface area contributed by atoms with Crippen molar-refractivity contribution in [2.24, 2.45) is 26.9 Å². The van der Waals surface area contributed by atoms with Gasteiger partial charge in [0.2, 0.25) is 17.7 Å². The molecule has 132 heavy (non-hydrogen) atoms. The molecule has 0 bridgehead atoms. The highest BCUT2D eigenvalue weighted by Gasteiger charge is 2.42. The van der Waals surface area contributed by atoms with Gasteiger partial charge < -0.3 is 63.9 Å². The zero-order valence-electron chi connectivity index (χ0n) is 77.5. The van der Waals surface area contributed by atoms with Crippen molar-refractivity contribution in [1.29, 1.82) is 0 Å². The molecule has 0 spiro atoms. The van der Waals surface area contributed by atoms with Crippen LogP contribution in [-0.2, 0) is 139 Å². The maximum Gasteiger partial charge on any atom is 0.315 e. The van der Waals surface area contributed by atoms with E-state index in [0.29, 0.717) is 77.8 Å². The Morgan fingerprint density at radius 2 is 0.780 bits per heavy atom. The van der Waals surface area contributed by atoms with Gasteiger partial charge in [-0.15, -0.1) is 0 Å². The summed E-state index contributed by atoms with van der Waals surface area (Å²) in [6.45, 7) is 29.1. The van der Waals surface area contributed by atoms with E-state index in [1.54, 1.807) is 25.7 Å². The first-order chi connectivity index (χ1) is 64.1. The normalized spacial score (nSPS) is 18.5. The number of benzene rings is 4. The van der Waals surface area contributed by atoms with Crippen molar-refractivity contribution in [2.75, 3.05) is 125 Å². The van der Waals surface area contributed by atoms with Gasteiger partial charge in [-0.3, -0.25) is 51.8 Å². The molecule has 20 heterocycles. The Morgan fingerprint density at radius 1 is 0.386 bits per heavy atom. The first-order valence-electron chi connectivity index (χ1n) is 47.3. The fraction of sp³-hybridized carbons (Fsp3) is 0.475. The van der Waals surface area contributed by atoms with E-state index in [4.69, 9.17) is 45.1 Å². The molecule has 2 N–H and O–H groups in total. The number of fused-ring (bicyclic) bond motifs is 8. The molecule has 33 nitrogen and oxygen atoms in total. The van der Waals surface area contributed by atoms with Crippen LogP contribution < -0.4 is 25.3 Å². The lowest BCUT2D eigenvalue weighted by Crippen LogP contribution is -2.41. The predicted octanol–water partition coefficient (Wildman–Crippen LogP) is 12.3. The number of anilines is 8. The van der Waals surface area contributed by atoms with Gasteiger partial charge in [0.25, 0.3) is 0 Å². The van der Waals surface area contributed by atoms with E-state index in [1.165, 1.54) is 129 Å². The van der Waals surface area contributed by atoms with E-state index in [-0.39, 0.29) is 35.8 Å². The summed E-state index contributed by atoms with van der Waals surface area (Å²) in [4.78, 5) is 65.4. The maximum absolute atomic E-state index is 12.2. The third-order valence-corrected chi connectivity index (χ3v) is 29.5. The second-order valence-electron chi connectivity index (χ2n) is 37.4. The number of carbonyl (C=O) groups is 4. The van der Waals surface area contributed by atoms with Gasteiger partial charge in [0.1, 0.15) is 0 Å². The SMILES string of the molecule is CC(=O)N1CCc2c(c(N3CCCc4cc(-c5cnn(C)c5C)ccc43)nn2C2COC2)C1.CC(=O)N1CCc2c(c(N3CCc4c3ccc(-c3cnn(C)c3)c4C)nn2C2CCOC2)C1.CCn1cc(-c2ccc3c(c2)CCCN3c2nn(C3COC3)c3c2CN(C(C)=O)CC3)cn1.Cc1c(-c2ccc3c(c2)CCCN3c2nn(C3COC3)c3c2CN(C(N)=O)CC3)cnn1C. The monoisotopic (exact) mass is 1790 g/mol. The summed E-state index contributed by atoms with van der Waals surface area (Å²) >= 11 is 0. The predicted molar refractivity (Wildman–Crippen MR) is 501 cm³/mol. The van der Waals surface area contributed by atoms with Crippen molar-refractivity contribution >= 4 is 69.8 Å². The Morgan fingerprint density at radius 3 is 1.15 bits per heavy atom. The highest BCUT2D eigenvalue weighted by atomic mass is 16.5. The smallest absolute Gasteiger partial charge is 0.315 e. The summed E-state index contributed by atoms with van der Waals surface area (Å²) in [5, 5.41) is 38.2. The molecule has 4 fully saturated rings. The van der Waals surface area contributed by atoms with Crippen LogP contribution in [0.2, 0.25) is 0 Å². The number of ether oxygens (including phenoxy) is 4. The number of aromatic nitrogens is 16. The molecule has 12 aromatic rings. The van der Waals surface area contributed by atoms with Gasteiger partial charge in [-0.25, -0.2) is 4.79 Å². The van der Waals surface area contributed by atoms with Crippen LogP contribution in [0, 0.1) is 20.8 Å². The second-order valence-corrected chi connectivity index (χ2v) is 37.4.